The largest absolute Gasteiger partial charge is 0.488 e. The van der Waals surface area contributed by atoms with Crippen LogP contribution in [0.5, 0.6) is 5.75 Å². The van der Waals surface area contributed by atoms with Crippen molar-refractivity contribution < 1.29 is 24.0 Å². The third kappa shape index (κ3) is 4.60. The van der Waals surface area contributed by atoms with Crippen molar-refractivity contribution in [3.63, 3.8) is 0 Å². The van der Waals surface area contributed by atoms with Gasteiger partial charge in [0, 0.05) is 11.8 Å². The SMILES string of the molecule is CC(C)=CCOc1cc(NC(=O)c2c(C(=O)O)noc2C)ccc1Cl. The van der Waals surface area contributed by atoms with Gasteiger partial charge in [-0.25, -0.2) is 4.79 Å². The van der Waals surface area contributed by atoms with Crippen molar-refractivity contribution >= 4 is 29.2 Å². The van der Waals surface area contributed by atoms with Crippen LogP contribution >= 0.6 is 11.6 Å². The minimum absolute atomic E-state index is 0.115. The van der Waals surface area contributed by atoms with Crippen molar-refractivity contribution in [2.24, 2.45) is 0 Å². The molecule has 132 valence electrons. The predicted molar refractivity (Wildman–Crippen MR) is 92.5 cm³/mol. The summed E-state index contributed by atoms with van der Waals surface area (Å²) in [6.45, 7) is 5.70. The molecule has 0 fully saturated rings. The van der Waals surface area contributed by atoms with Gasteiger partial charge in [-0.15, -0.1) is 0 Å². The molecule has 0 saturated heterocycles. The maximum absolute atomic E-state index is 12.4. The number of carbonyl (C=O) groups is 2. The number of benzene rings is 1. The lowest BCUT2D eigenvalue weighted by Crippen LogP contribution is -2.16. The van der Waals surface area contributed by atoms with Gasteiger partial charge in [0.05, 0.1) is 5.02 Å². The van der Waals surface area contributed by atoms with E-state index in [0.717, 1.165) is 5.57 Å². The summed E-state index contributed by atoms with van der Waals surface area (Å²) in [5.74, 6) is -1.47. The third-order valence-corrected chi connectivity index (χ3v) is 3.52. The Kier molecular flexibility index (Phi) is 5.82. The maximum Gasteiger partial charge on any atom is 0.358 e. The lowest BCUT2D eigenvalue weighted by atomic mass is 10.1. The molecule has 7 nitrogen and oxygen atoms in total. The second-order valence-corrected chi connectivity index (χ2v) is 5.87. The van der Waals surface area contributed by atoms with Gasteiger partial charge in [-0.3, -0.25) is 4.79 Å². The Hall–Kier alpha value is -2.80. The number of nitrogens with one attached hydrogen (secondary N) is 1. The molecule has 0 aliphatic carbocycles. The van der Waals surface area contributed by atoms with Crippen molar-refractivity contribution in [3.8, 4) is 5.75 Å². The highest BCUT2D eigenvalue weighted by atomic mass is 35.5. The first-order valence-electron chi connectivity index (χ1n) is 7.36. The van der Waals surface area contributed by atoms with Crippen molar-refractivity contribution in [2.75, 3.05) is 11.9 Å². The van der Waals surface area contributed by atoms with E-state index in [-0.39, 0.29) is 11.3 Å². The van der Waals surface area contributed by atoms with Crippen molar-refractivity contribution in [3.05, 3.63) is 51.9 Å². The first kappa shape index (κ1) is 18.5. The standard InChI is InChI=1S/C17H17ClN2O5/c1-9(2)6-7-24-13-8-11(4-5-12(13)18)19-16(21)14-10(3)25-20-15(14)17(22)23/h4-6,8H,7H2,1-3H3,(H,19,21)(H,22,23). The molecule has 8 heteroatoms. The minimum atomic E-state index is -1.34. The van der Waals surface area contributed by atoms with Gasteiger partial charge in [0.2, 0.25) is 5.69 Å². The highest BCUT2D eigenvalue weighted by Crippen LogP contribution is 2.28. The van der Waals surface area contributed by atoms with Crippen molar-refractivity contribution in [1.29, 1.82) is 0 Å². The number of carboxylic acids is 1. The number of aromatic carboxylic acids is 1. The monoisotopic (exact) mass is 364 g/mol. The molecule has 0 bridgehead atoms. The number of ether oxygens (including phenoxy) is 1. The molecule has 0 saturated carbocycles. The van der Waals surface area contributed by atoms with Crippen LogP contribution < -0.4 is 10.1 Å². The van der Waals surface area contributed by atoms with E-state index in [0.29, 0.717) is 23.1 Å². The Morgan fingerprint density at radius 1 is 1.40 bits per heavy atom. The number of aryl methyl sites for hydroxylation is 1. The second kappa shape index (κ2) is 7.85. The zero-order chi connectivity index (χ0) is 18.6. The van der Waals surface area contributed by atoms with E-state index < -0.39 is 17.6 Å². The smallest absolute Gasteiger partial charge is 0.358 e. The van der Waals surface area contributed by atoms with Gasteiger partial charge in [-0.2, -0.15) is 0 Å². The van der Waals surface area contributed by atoms with Crippen LogP contribution in [-0.2, 0) is 0 Å². The quantitative estimate of drug-likeness (QED) is 0.753. The zero-order valence-corrected chi connectivity index (χ0v) is 14.7. The number of hydrogen-bond acceptors (Lipinski definition) is 5. The fraction of sp³-hybridized carbons (Fsp3) is 0.235. The normalized spacial score (nSPS) is 10.2. The van der Waals surface area contributed by atoms with Gasteiger partial charge < -0.3 is 19.7 Å². The molecule has 1 heterocycles. The van der Waals surface area contributed by atoms with E-state index in [9.17, 15) is 9.59 Å². The lowest BCUT2D eigenvalue weighted by molar-refractivity contribution is 0.0682. The number of halogens is 1. The molecule has 2 N–H and O–H groups in total. The summed E-state index contributed by atoms with van der Waals surface area (Å²) in [6, 6.07) is 4.72. The van der Waals surface area contributed by atoms with Gasteiger partial charge in [-0.1, -0.05) is 22.3 Å². The van der Waals surface area contributed by atoms with Gasteiger partial charge in [0.1, 0.15) is 23.7 Å². The van der Waals surface area contributed by atoms with E-state index in [1.165, 1.54) is 6.92 Å². The molecule has 0 aliphatic rings. The predicted octanol–water partition coefficient (Wildman–Crippen LogP) is 3.93. The number of aromatic nitrogens is 1. The summed E-state index contributed by atoms with van der Waals surface area (Å²) in [5, 5.41) is 15.4. The average molecular weight is 365 g/mol. The molecule has 0 aliphatic heterocycles. The maximum atomic E-state index is 12.4. The van der Waals surface area contributed by atoms with Gasteiger partial charge in [0.25, 0.3) is 5.91 Å². The van der Waals surface area contributed by atoms with E-state index in [2.05, 4.69) is 10.5 Å². The molecule has 2 rings (SSSR count). The Balaban J connectivity index is 2.20. The first-order valence-corrected chi connectivity index (χ1v) is 7.74. The first-order chi connectivity index (χ1) is 11.8. The summed E-state index contributed by atoms with van der Waals surface area (Å²) in [6.07, 6.45) is 1.89. The van der Waals surface area contributed by atoms with Crippen LogP contribution in [0.25, 0.3) is 0 Å². The van der Waals surface area contributed by atoms with Crippen LogP contribution in [0.3, 0.4) is 0 Å². The second-order valence-electron chi connectivity index (χ2n) is 5.46. The number of anilines is 1. The third-order valence-electron chi connectivity index (χ3n) is 3.21. The average Bonchev–Trinajstić information content (AvgIpc) is 2.92. The number of carboxylic acid groups (broad SMARTS) is 1. The summed E-state index contributed by atoms with van der Waals surface area (Å²) in [7, 11) is 0. The van der Waals surface area contributed by atoms with Crippen LogP contribution in [0.15, 0.2) is 34.4 Å². The molecule has 0 unspecified atom stereocenters. The molecular weight excluding hydrogens is 348 g/mol. The number of hydrogen-bond donors (Lipinski definition) is 2. The van der Waals surface area contributed by atoms with Crippen LogP contribution in [0.2, 0.25) is 5.02 Å². The van der Waals surface area contributed by atoms with Crippen LogP contribution in [0.4, 0.5) is 5.69 Å². The summed E-state index contributed by atoms with van der Waals surface area (Å²) in [5.41, 5.74) is 0.932. The van der Waals surface area contributed by atoms with Crippen molar-refractivity contribution in [1.82, 2.24) is 5.16 Å². The Labute approximate surface area is 149 Å². The molecule has 1 aromatic heterocycles. The Morgan fingerprint density at radius 2 is 2.12 bits per heavy atom. The highest BCUT2D eigenvalue weighted by Gasteiger charge is 2.25. The van der Waals surface area contributed by atoms with E-state index in [1.54, 1.807) is 18.2 Å². The number of rotatable bonds is 6. The molecule has 0 spiro atoms. The van der Waals surface area contributed by atoms with Crippen LogP contribution in [-0.4, -0.2) is 28.7 Å². The lowest BCUT2D eigenvalue weighted by Gasteiger charge is -2.10. The van der Waals surface area contributed by atoms with Crippen molar-refractivity contribution in [2.45, 2.75) is 20.8 Å². The van der Waals surface area contributed by atoms with E-state index >= 15 is 0 Å². The molecule has 1 aromatic carbocycles. The molecule has 25 heavy (non-hydrogen) atoms. The molecule has 0 atom stereocenters. The molecular formula is C17H17ClN2O5. The highest BCUT2D eigenvalue weighted by molar-refractivity contribution is 6.32. The number of carbonyl (C=O) groups excluding carboxylic acids is 1. The van der Waals surface area contributed by atoms with E-state index in [4.69, 9.17) is 26.0 Å². The molecule has 2 aromatic rings. The fourth-order valence-corrected chi connectivity index (χ4v) is 2.14. The Bertz CT molecular complexity index is 838. The van der Waals surface area contributed by atoms with E-state index in [1.807, 2.05) is 19.9 Å². The number of nitrogens with zero attached hydrogens (tertiary/aromatic N) is 1. The number of allylic oxidation sites excluding steroid dienone is 1. The van der Waals surface area contributed by atoms with Gasteiger partial charge in [-0.05, 0) is 39.0 Å². The minimum Gasteiger partial charge on any atom is -0.488 e. The summed E-state index contributed by atoms with van der Waals surface area (Å²) in [4.78, 5) is 23.5. The topological polar surface area (TPSA) is 102 Å². The van der Waals surface area contributed by atoms with Crippen LogP contribution in [0, 0.1) is 6.92 Å². The number of amides is 1. The summed E-state index contributed by atoms with van der Waals surface area (Å²) < 4.78 is 10.4. The summed E-state index contributed by atoms with van der Waals surface area (Å²) >= 11 is 6.08. The Morgan fingerprint density at radius 3 is 2.76 bits per heavy atom. The van der Waals surface area contributed by atoms with Gasteiger partial charge >= 0.3 is 5.97 Å². The zero-order valence-electron chi connectivity index (χ0n) is 13.9. The fourth-order valence-electron chi connectivity index (χ4n) is 1.97. The van der Waals surface area contributed by atoms with Crippen LogP contribution in [0.1, 0.15) is 40.5 Å². The molecule has 1 amide bonds. The molecule has 0 radical (unpaired) electrons. The van der Waals surface area contributed by atoms with Gasteiger partial charge in [0.15, 0.2) is 0 Å².